The van der Waals surface area contributed by atoms with Crippen LogP contribution in [0.2, 0.25) is 0 Å². The fourth-order valence-corrected chi connectivity index (χ4v) is 12.5. The van der Waals surface area contributed by atoms with Crippen LogP contribution in [0.25, 0.3) is 38.6 Å². The van der Waals surface area contributed by atoms with Crippen molar-refractivity contribution < 1.29 is 0 Å². The normalized spacial score (nSPS) is 11.1. The zero-order valence-corrected chi connectivity index (χ0v) is 28.0. The van der Waals surface area contributed by atoms with Crippen LogP contribution >= 0.6 is 0 Å². The third-order valence-corrected chi connectivity index (χ3v) is 14.5. The molecular formula is C45H28N4Si. The zero-order chi connectivity index (χ0) is 34.1. The summed E-state index contributed by atoms with van der Waals surface area (Å²) in [5, 5.41) is 37.9. The number of hydrogen-bond acceptors (Lipinski definition) is 3. The Morgan fingerprint density at radius 3 is 1.56 bits per heavy atom. The molecule has 5 heteroatoms. The lowest BCUT2D eigenvalue weighted by molar-refractivity contribution is 1.18. The maximum Gasteiger partial charge on any atom is 0.181 e. The van der Waals surface area contributed by atoms with Crippen molar-refractivity contribution >= 4 is 50.6 Å². The van der Waals surface area contributed by atoms with Gasteiger partial charge in [0.2, 0.25) is 0 Å². The highest BCUT2D eigenvalue weighted by atomic mass is 28.3. The van der Waals surface area contributed by atoms with Crippen LogP contribution in [0.1, 0.15) is 16.7 Å². The summed E-state index contributed by atoms with van der Waals surface area (Å²) in [7, 11) is -3.09. The van der Waals surface area contributed by atoms with Crippen LogP contribution in [-0.2, 0) is 0 Å². The van der Waals surface area contributed by atoms with Crippen LogP contribution in [0.3, 0.4) is 0 Å². The molecule has 0 saturated carbocycles. The molecule has 0 fully saturated rings. The molecule has 8 aromatic rings. The van der Waals surface area contributed by atoms with Crippen molar-refractivity contribution in [1.29, 1.82) is 15.8 Å². The first-order valence-corrected chi connectivity index (χ1v) is 18.4. The minimum absolute atomic E-state index is 0.499. The van der Waals surface area contributed by atoms with Gasteiger partial charge in [0.1, 0.15) is 0 Å². The molecule has 0 aliphatic rings. The van der Waals surface area contributed by atoms with E-state index < -0.39 is 8.07 Å². The van der Waals surface area contributed by atoms with E-state index in [4.69, 9.17) is 0 Å². The van der Waals surface area contributed by atoms with E-state index in [0.29, 0.717) is 22.3 Å². The van der Waals surface area contributed by atoms with Gasteiger partial charge in [0.15, 0.2) is 8.07 Å². The molecule has 1 aromatic heterocycles. The van der Waals surface area contributed by atoms with Crippen molar-refractivity contribution in [3.8, 4) is 35.0 Å². The van der Waals surface area contributed by atoms with Crippen LogP contribution in [0.15, 0.2) is 170 Å². The molecule has 0 unspecified atom stereocenters. The zero-order valence-electron chi connectivity index (χ0n) is 27.0. The lowest BCUT2D eigenvalue weighted by atomic mass is 9.96. The molecule has 50 heavy (non-hydrogen) atoms. The minimum Gasteiger partial charge on any atom is -0.309 e. The molecule has 0 atom stereocenters. The molecule has 0 aliphatic carbocycles. The maximum absolute atomic E-state index is 11.0. The molecule has 0 saturated heterocycles. The first kappa shape index (κ1) is 30.4. The van der Waals surface area contributed by atoms with E-state index in [9.17, 15) is 15.8 Å². The second kappa shape index (κ2) is 12.6. The van der Waals surface area contributed by atoms with Gasteiger partial charge in [0.25, 0.3) is 0 Å². The monoisotopic (exact) mass is 652 g/mol. The molecule has 1 heterocycles. The third-order valence-electron chi connectivity index (χ3n) is 9.66. The number of nitriles is 3. The molecule has 7 aromatic carbocycles. The van der Waals surface area contributed by atoms with Crippen LogP contribution < -0.4 is 20.7 Å². The fourth-order valence-electron chi connectivity index (χ4n) is 7.55. The number of nitrogens with zero attached hydrogens (tertiary/aromatic N) is 4. The Hall–Kier alpha value is -6.97. The third kappa shape index (κ3) is 4.72. The maximum atomic E-state index is 11.0. The Balaban J connectivity index is 1.45. The van der Waals surface area contributed by atoms with Crippen LogP contribution in [0.5, 0.6) is 0 Å². The van der Waals surface area contributed by atoms with Gasteiger partial charge in [-0.05, 0) is 63.2 Å². The first-order valence-electron chi connectivity index (χ1n) is 16.4. The Labute approximate surface area is 291 Å². The van der Waals surface area contributed by atoms with Gasteiger partial charge < -0.3 is 4.57 Å². The largest absolute Gasteiger partial charge is 0.309 e. The summed E-state index contributed by atoms with van der Waals surface area (Å²) in [6, 6.07) is 64.5. The van der Waals surface area contributed by atoms with Crippen LogP contribution in [0, 0.1) is 34.0 Å². The SMILES string of the molecule is N#Cc1ccc2c(c1)c1ccccc1n2-c1ccccc1-c1cc(C#N)c([Si](c2ccccc2)(c2ccccc2)c2ccccc2)cc1C#N. The van der Waals surface area contributed by atoms with Crippen LogP contribution in [0.4, 0.5) is 0 Å². The highest BCUT2D eigenvalue weighted by Gasteiger charge is 2.43. The average Bonchev–Trinajstić information content (AvgIpc) is 3.52. The van der Waals surface area contributed by atoms with Crippen molar-refractivity contribution in [2.45, 2.75) is 0 Å². The number of aromatic nitrogens is 1. The van der Waals surface area contributed by atoms with Gasteiger partial charge in [-0.3, -0.25) is 0 Å². The van der Waals surface area contributed by atoms with E-state index in [0.717, 1.165) is 53.8 Å². The second-order valence-corrected chi connectivity index (χ2v) is 16.0. The van der Waals surface area contributed by atoms with Crippen molar-refractivity contribution in [2.75, 3.05) is 0 Å². The lowest BCUT2D eigenvalue weighted by Gasteiger charge is -2.35. The summed E-state index contributed by atoms with van der Waals surface area (Å²) in [4.78, 5) is 0. The van der Waals surface area contributed by atoms with Gasteiger partial charge >= 0.3 is 0 Å². The topological polar surface area (TPSA) is 76.3 Å². The summed E-state index contributed by atoms with van der Waals surface area (Å²) in [5.74, 6) is 0. The van der Waals surface area contributed by atoms with E-state index in [1.165, 1.54) is 0 Å². The van der Waals surface area contributed by atoms with Gasteiger partial charge in [-0.2, -0.15) is 15.8 Å². The lowest BCUT2D eigenvalue weighted by Crippen LogP contribution is -2.75. The molecular weight excluding hydrogens is 625 g/mol. The molecule has 0 aliphatic heterocycles. The molecule has 0 radical (unpaired) electrons. The van der Waals surface area contributed by atoms with Gasteiger partial charge in [0, 0.05) is 21.9 Å². The predicted octanol–water partition coefficient (Wildman–Crippen LogP) is 7.44. The quantitative estimate of drug-likeness (QED) is 0.138. The van der Waals surface area contributed by atoms with E-state index in [-0.39, 0.29) is 0 Å². The summed E-state index contributed by atoms with van der Waals surface area (Å²) >= 11 is 0. The Morgan fingerprint density at radius 2 is 0.960 bits per heavy atom. The Kier molecular flexibility index (Phi) is 7.63. The van der Waals surface area contributed by atoms with Gasteiger partial charge in [0.05, 0.1) is 51.6 Å². The van der Waals surface area contributed by atoms with Crippen molar-refractivity contribution in [2.24, 2.45) is 0 Å². The van der Waals surface area contributed by atoms with Gasteiger partial charge in [-0.1, -0.05) is 127 Å². The molecule has 8 rings (SSSR count). The van der Waals surface area contributed by atoms with E-state index in [2.05, 4.69) is 114 Å². The van der Waals surface area contributed by atoms with Crippen molar-refractivity contribution in [1.82, 2.24) is 4.57 Å². The Bertz CT molecular complexity index is 2580. The number of hydrogen-bond donors (Lipinski definition) is 0. The van der Waals surface area contributed by atoms with E-state index in [1.807, 2.05) is 78.9 Å². The van der Waals surface area contributed by atoms with E-state index >= 15 is 0 Å². The number of para-hydroxylation sites is 2. The Morgan fingerprint density at radius 1 is 0.420 bits per heavy atom. The highest BCUT2D eigenvalue weighted by Crippen LogP contribution is 2.37. The minimum atomic E-state index is -3.09. The predicted molar refractivity (Wildman–Crippen MR) is 204 cm³/mol. The van der Waals surface area contributed by atoms with Crippen LogP contribution in [-0.4, -0.2) is 12.6 Å². The number of rotatable bonds is 6. The fraction of sp³-hybridized carbons (Fsp3) is 0. The summed E-state index contributed by atoms with van der Waals surface area (Å²) in [6.07, 6.45) is 0. The first-order chi connectivity index (χ1) is 24.7. The summed E-state index contributed by atoms with van der Waals surface area (Å²) in [5.41, 5.74) is 6.00. The van der Waals surface area contributed by atoms with Gasteiger partial charge in [-0.15, -0.1) is 0 Å². The molecule has 0 bridgehead atoms. The average molecular weight is 653 g/mol. The molecule has 232 valence electrons. The number of fused-ring (bicyclic) bond motifs is 3. The van der Waals surface area contributed by atoms with Gasteiger partial charge in [-0.25, -0.2) is 0 Å². The highest BCUT2D eigenvalue weighted by molar-refractivity contribution is 7.20. The van der Waals surface area contributed by atoms with Crippen molar-refractivity contribution in [3.05, 3.63) is 187 Å². The summed E-state index contributed by atoms with van der Waals surface area (Å²) in [6.45, 7) is 0. The number of benzene rings is 7. The second-order valence-electron chi connectivity index (χ2n) is 12.2. The molecule has 0 spiro atoms. The smallest absolute Gasteiger partial charge is 0.181 e. The van der Waals surface area contributed by atoms with Crippen molar-refractivity contribution in [3.63, 3.8) is 0 Å². The van der Waals surface area contributed by atoms with E-state index in [1.54, 1.807) is 0 Å². The molecule has 4 nitrogen and oxygen atoms in total. The molecule has 0 N–H and O–H groups in total. The standard InChI is InChI=1S/C45H28N4Si/c46-29-32-24-25-44-41(26-32)39-21-11-13-23-43(39)49(44)42-22-12-10-20-38(42)40-27-34(31-48)45(28-33(40)30-47)50(35-14-4-1-5-15-35,36-16-6-2-7-17-36)37-18-8-3-9-19-37/h1-28H. The summed E-state index contributed by atoms with van der Waals surface area (Å²) < 4.78 is 2.19. The molecule has 0 amide bonds.